The minimum atomic E-state index is -1.10. The van der Waals surface area contributed by atoms with E-state index in [0.29, 0.717) is 16.5 Å². The van der Waals surface area contributed by atoms with Crippen molar-refractivity contribution in [2.45, 2.75) is 32.7 Å². The van der Waals surface area contributed by atoms with Gasteiger partial charge in [-0.2, -0.15) is 0 Å². The Morgan fingerprint density at radius 1 is 1.29 bits per heavy atom. The summed E-state index contributed by atoms with van der Waals surface area (Å²) in [6.07, 6.45) is 0.483. The second-order valence-corrected chi connectivity index (χ2v) is 6.16. The number of amides is 2. The van der Waals surface area contributed by atoms with E-state index in [0.717, 1.165) is 5.56 Å². The van der Waals surface area contributed by atoms with Gasteiger partial charge in [0.25, 0.3) is 0 Å². The molecule has 0 radical (unpaired) electrons. The second-order valence-electron chi connectivity index (χ2n) is 5.32. The maximum atomic E-state index is 12.4. The average molecular weight is 375 g/mol. The molecule has 132 valence electrons. The molecule has 2 amide bonds. The second kappa shape index (κ2) is 9.49. The molecule has 1 atom stereocenters. The number of aryl methyl sites for hydroxylation is 1. The van der Waals surface area contributed by atoms with E-state index in [1.54, 1.807) is 18.2 Å². The molecule has 0 aliphatic heterocycles. The van der Waals surface area contributed by atoms with Crippen LogP contribution in [0, 0.1) is 0 Å². The molecule has 1 unspecified atom stereocenters. The molecule has 0 heterocycles. The first-order valence-electron chi connectivity index (χ1n) is 7.43. The summed E-state index contributed by atoms with van der Waals surface area (Å²) in [4.78, 5) is 35.7. The number of carboxylic acids is 1. The topological polar surface area (TPSA) is 86.7 Å². The van der Waals surface area contributed by atoms with E-state index in [9.17, 15) is 14.4 Å². The maximum absolute atomic E-state index is 12.4. The van der Waals surface area contributed by atoms with E-state index in [-0.39, 0.29) is 31.3 Å². The highest BCUT2D eigenvalue weighted by molar-refractivity contribution is 6.35. The standard InChI is InChI=1S/C16H20Cl2N2O4/c1-10(16(23)24)20(8-7-19-11(2)21)15(22)6-4-12-3-5-13(17)9-14(12)18/h3,5,9-10H,4,6-8H2,1-2H3,(H,19,21)(H,23,24). The van der Waals surface area contributed by atoms with E-state index >= 15 is 0 Å². The fraction of sp³-hybridized carbons (Fsp3) is 0.438. The van der Waals surface area contributed by atoms with Crippen LogP contribution in [-0.4, -0.2) is 46.9 Å². The van der Waals surface area contributed by atoms with Crippen molar-refractivity contribution in [2.24, 2.45) is 0 Å². The van der Waals surface area contributed by atoms with Gasteiger partial charge in [-0.1, -0.05) is 29.3 Å². The van der Waals surface area contributed by atoms with Crippen molar-refractivity contribution in [1.82, 2.24) is 10.2 Å². The van der Waals surface area contributed by atoms with E-state index in [4.69, 9.17) is 28.3 Å². The summed E-state index contributed by atoms with van der Waals surface area (Å²) in [7, 11) is 0. The lowest BCUT2D eigenvalue weighted by Crippen LogP contribution is -2.46. The molecule has 1 rings (SSSR count). The highest BCUT2D eigenvalue weighted by Gasteiger charge is 2.25. The fourth-order valence-electron chi connectivity index (χ4n) is 2.13. The Kier molecular flexibility index (Phi) is 8.01. The van der Waals surface area contributed by atoms with Crippen LogP contribution < -0.4 is 5.32 Å². The van der Waals surface area contributed by atoms with Crippen molar-refractivity contribution < 1.29 is 19.5 Å². The van der Waals surface area contributed by atoms with Gasteiger partial charge >= 0.3 is 5.97 Å². The van der Waals surface area contributed by atoms with Crippen molar-refractivity contribution in [3.8, 4) is 0 Å². The monoisotopic (exact) mass is 374 g/mol. The van der Waals surface area contributed by atoms with Gasteiger partial charge in [-0.25, -0.2) is 4.79 Å². The smallest absolute Gasteiger partial charge is 0.326 e. The third kappa shape index (κ3) is 6.37. The predicted octanol–water partition coefficient (Wildman–Crippen LogP) is 2.36. The predicted molar refractivity (Wildman–Crippen MR) is 92.3 cm³/mol. The molecule has 0 aliphatic rings. The first kappa shape index (κ1) is 20.3. The average Bonchev–Trinajstić information content (AvgIpc) is 2.49. The van der Waals surface area contributed by atoms with E-state index in [1.165, 1.54) is 18.7 Å². The largest absolute Gasteiger partial charge is 0.480 e. The molecule has 0 aromatic heterocycles. The number of aliphatic carboxylic acids is 1. The SMILES string of the molecule is CC(=O)NCCN(C(=O)CCc1ccc(Cl)cc1Cl)C(C)C(=O)O. The number of hydrogen-bond donors (Lipinski definition) is 2. The molecule has 0 spiro atoms. The summed E-state index contributed by atoms with van der Waals surface area (Å²) in [6, 6.07) is 4.03. The zero-order valence-electron chi connectivity index (χ0n) is 13.5. The summed E-state index contributed by atoms with van der Waals surface area (Å²) >= 11 is 11.9. The van der Waals surface area contributed by atoms with Crippen molar-refractivity contribution in [3.63, 3.8) is 0 Å². The Labute approximate surface area is 150 Å². The number of halogens is 2. The minimum absolute atomic E-state index is 0.110. The maximum Gasteiger partial charge on any atom is 0.326 e. The normalized spacial score (nSPS) is 11.7. The van der Waals surface area contributed by atoms with Crippen molar-refractivity contribution in [3.05, 3.63) is 33.8 Å². The zero-order valence-corrected chi connectivity index (χ0v) is 15.0. The number of carboxylic acid groups (broad SMARTS) is 1. The van der Waals surface area contributed by atoms with Crippen molar-refractivity contribution >= 4 is 41.0 Å². The number of carbonyl (C=O) groups is 3. The van der Waals surface area contributed by atoms with Crippen LogP contribution in [0.5, 0.6) is 0 Å². The summed E-state index contributed by atoms with van der Waals surface area (Å²) in [5, 5.41) is 12.7. The van der Waals surface area contributed by atoms with Gasteiger partial charge < -0.3 is 15.3 Å². The van der Waals surface area contributed by atoms with E-state index < -0.39 is 12.0 Å². The Balaban J connectivity index is 2.72. The van der Waals surface area contributed by atoms with Gasteiger partial charge in [-0.15, -0.1) is 0 Å². The number of nitrogens with zero attached hydrogens (tertiary/aromatic N) is 1. The van der Waals surface area contributed by atoms with Gasteiger partial charge in [0.1, 0.15) is 6.04 Å². The van der Waals surface area contributed by atoms with Gasteiger partial charge in [0.05, 0.1) is 0 Å². The van der Waals surface area contributed by atoms with Crippen LogP contribution in [0.4, 0.5) is 0 Å². The molecule has 2 N–H and O–H groups in total. The van der Waals surface area contributed by atoms with E-state index in [1.807, 2.05) is 0 Å². The van der Waals surface area contributed by atoms with Crippen molar-refractivity contribution in [1.29, 1.82) is 0 Å². The molecule has 24 heavy (non-hydrogen) atoms. The molecule has 0 saturated heterocycles. The van der Waals surface area contributed by atoms with Crippen LogP contribution in [0.15, 0.2) is 18.2 Å². The van der Waals surface area contributed by atoms with Gasteiger partial charge in [0.15, 0.2) is 0 Å². The molecule has 1 aromatic rings. The molecule has 0 aliphatic carbocycles. The van der Waals surface area contributed by atoms with Crippen LogP contribution >= 0.6 is 23.2 Å². The first-order valence-corrected chi connectivity index (χ1v) is 8.18. The molecule has 1 aromatic carbocycles. The Hall–Kier alpha value is -1.79. The van der Waals surface area contributed by atoms with Crippen LogP contribution in [0.2, 0.25) is 10.0 Å². The molecule has 8 heteroatoms. The van der Waals surface area contributed by atoms with Gasteiger partial charge in [-0.05, 0) is 31.0 Å². The highest BCUT2D eigenvalue weighted by atomic mass is 35.5. The Morgan fingerprint density at radius 2 is 1.96 bits per heavy atom. The molecule has 6 nitrogen and oxygen atoms in total. The Bertz CT molecular complexity index is 622. The molecular weight excluding hydrogens is 355 g/mol. The van der Waals surface area contributed by atoms with Gasteiger partial charge in [-0.3, -0.25) is 9.59 Å². The molecular formula is C16H20Cl2N2O4. The lowest BCUT2D eigenvalue weighted by Gasteiger charge is -2.26. The first-order chi connectivity index (χ1) is 11.2. The summed E-state index contributed by atoms with van der Waals surface area (Å²) in [5.41, 5.74) is 0.763. The summed E-state index contributed by atoms with van der Waals surface area (Å²) < 4.78 is 0. The Morgan fingerprint density at radius 3 is 2.50 bits per heavy atom. The summed E-state index contributed by atoms with van der Waals surface area (Å²) in [5.74, 6) is -1.66. The number of hydrogen-bond acceptors (Lipinski definition) is 3. The summed E-state index contributed by atoms with van der Waals surface area (Å²) in [6.45, 7) is 3.11. The van der Waals surface area contributed by atoms with Gasteiger partial charge in [0, 0.05) is 36.5 Å². The van der Waals surface area contributed by atoms with E-state index in [2.05, 4.69) is 5.32 Å². The quantitative estimate of drug-likeness (QED) is 0.730. The molecule has 0 bridgehead atoms. The zero-order chi connectivity index (χ0) is 18.3. The van der Waals surface area contributed by atoms with Crippen molar-refractivity contribution in [2.75, 3.05) is 13.1 Å². The molecule has 0 fully saturated rings. The van der Waals surface area contributed by atoms with Crippen LogP contribution in [-0.2, 0) is 20.8 Å². The lowest BCUT2D eigenvalue weighted by molar-refractivity contribution is -0.149. The van der Waals surface area contributed by atoms with Crippen LogP contribution in [0.3, 0.4) is 0 Å². The third-order valence-corrected chi connectivity index (χ3v) is 4.08. The highest BCUT2D eigenvalue weighted by Crippen LogP contribution is 2.22. The number of benzene rings is 1. The van der Waals surface area contributed by atoms with Crippen LogP contribution in [0.25, 0.3) is 0 Å². The molecule has 0 saturated carbocycles. The van der Waals surface area contributed by atoms with Crippen LogP contribution in [0.1, 0.15) is 25.8 Å². The lowest BCUT2D eigenvalue weighted by atomic mass is 10.1. The third-order valence-electron chi connectivity index (χ3n) is 3.50. The fourth-order valence-corrected chi connectivity index (χ4v) is 2.63. The minimum Gasteiger partial charge on any atom is -0.480 e. The number of rotatable bonds is 8. The number of carbonyl (C=O) groups excluding carboxylic acids is 2. The van der Waals surface area contributed by atoms with Gasteiger partial charge in [0.2, 0.25) is 11.8 Å². The number of nitrogens with one attached hydrogen (secondary N) is 1.